The van der Waals surface area contributed by atoms with E-state index < -0.39 is 5.97 Å². The molecule has 4 heteroatoms. The average molecular weight is 405 g/mol. The molecule has 1 aromatic carbocycles. The van der Waals surface area contributed by atoms with Crippen molar-refractivity contribution in [2.24, 2.45) is 0 Å². The summed E-state index contributed by atoms with van der Waals surface area (Å²) >= 11 is 0. The summed E-state index contributed by atoms with van der Waals surface area (Å²) in [7, 11) is 0. The van der Waals surface area contributed by atoms with Gasteiger partial charge in [-0.1, -0.05) is 78.1 Å². The second-order valence-electron chi connectivity index (χ2n) is 7.60. The quantitative estimate of drug-likeness (QED) is 0.206. The lowest BCUT2D eigenvalue weighted by molar-refractivity contribution is -0.131. The monoisotopic (exact) mass is 404 g/mol. The summed E-state index contributed by atoms with van der Waals surface area (Å²) in [5.41, 5.74) is 0.769. The summed E-state index contributed by atoms with van der Waals surface area (Å²) in [5, 5.41) is 8.91. The van der Waals surface area contributed by atoms with Crippen LogP contribution in [0.2, 0.25) is 0 Å². The van der Waals surface area contributed by atoms with E-state index in [1.807, 2.05) is 18.2 Å². The zero-order valence-electron chi connectivity index (χ0n) is 18.5. The van der Waals surface area contributed by atoms with Gasteiger partial charge in [-0.15, -0.1) is 0 Å². The SMILES string of the molecule is CCCCCCCCOc1ccc(C=CC(=O)O)c(OCCCCCCCC)c1. The number of carboxylic acids is 1. The van der Waals surface area contributed by atoms with Crippen LogP contribution in [-0.2, 0) is 4.79 Å². The number of carbonyl (C=O) groups is 1. The van der Waals surface area contributed by atoms with E-state index in [1.54, 1.807) is 6.08 Å². The molecule has 29 heavy (non-hydrogen) atoms. The summed E-state index contributed by atoms with van der Waals surface area (Å²) in [6, 6.07) is 5.64. The molecule has 0 saturated heterocycles. The maximum absolute atomic E-state index is 10.9. The zero-order valence-corrected chi connectivity index (χ0v) is 18.5. The number of benzene rings is 1. The third kappa shape index (κ3) is 13.0. The van der Waals surface area contributed by atoms with E-state index in [2.05, 4.69) is 13.8 Å². The van der Waals surface area contributed by atoms with Crippen molar-refractivity contribution in [2.45, 2.75) is 90.9 Å². The molecule has 4 nitrogen and oxygen atoms in total. The van der Waals surface area contributed by atoms with Crippen molar-refractivity contribution in [2.75, 3.05) is 13.2 Å². The maximum atomic E-state index is 10.9. The van der Waals surface area contributed by atoms with Gasteiger partial charge in [-0.25, -0.2) is 4.79 Å². The summed E-state index contributed by atoms with van der Waals surface area (Å²) in [6.45, 7) is 5.79. The standard InChI is InChI=1S/C25H40O4/c1-3-5-7-9-11-13-19-28-23-17-15-22(16-18-25(26)27)24(21-23)29-20-14-12-10-8-6-4-2/h15-18,21H,3-14,19-20H2,1-2H3,(H,26,27). The number of hydrogen-bond acceptors (Lipinski definition) is 3. The van der Waals surface area contributed by atoms with E-state index in [0.717, 1.165) is 36.7 Å². The van der Waals surface area contributed by atoms with Crippen LogP contribution in [0.1, 0.15) is 96.5 Å². The van der Waals surface area contributed by atoms with Gasteiger partial charge in [-0.2, -0.15) is 0 Å². The second kappa shape index (κ2) is 16.9. The molecule has 0 aliphatic rings. The lowest BCUT2D eigenvalue weighted by Crippen LogP contribution is -2.01. The van der Waals surface area contributed by atoms with Crippen LogP contribution < -0.4 is 9.47 Å². The minimum absolute atomic E-state index is 0.640. The van der Waals surface area contributed by atoms with Gasteiger partial charge in [0.2, 0.25) is 0 Å². The average Bonchev–Trinajstić information content (AvgIpc) is 2.71. The predicted molar refractivity (Wildman–Crippen MR) is 121 cm³/mol. The Morgan fingerprint density at radius 2 is 1.38 bits per heavy atom. The topological polar surface area (TPSA) is 55.8 Å². The zero-order chi connectivity index (χ0) is 21.2. The summed E-state index contributed by atoms with van der Waals surface area (Å²) < 4.78 is 11.8. The molecule has 0 aliphatic heterocycles. The Kier molecular flexibility index (Phi) is 14.6. The first-order chi connectivity index (χ1) is 14.2. The molecule has 0 aromatic heterocycles. The third-order valence-electron chi connectivity index (χ3n) is 4.91. The maximum Gasteiger partial charge on any atom is 0.328 e. The van der Waals surface area contributed by atoms with Gasteiger partial charge >= 0.3 is 5.97 Å². The Morgan fingerprint density at radius 3 is 1.97 bits per heavy atom. The van der Waals surface area contributed by atoms with Gasteiger partial charge in [0.15, 0.2) is 0 Å². The molecule has 1 aromatic rings. The number of unbranched alkanes of at least 4 members (excludes halogenated alkanes) is 10. The molecule has 0 bridgehead atoms. The van der Waals surface area contributed by atoms with Crippen molar-refractivity contribution >= 4 is 12.0 Å². The van der Waals surface area contributed by atoms with Gasteiger partial charge in [0.05, 0.1) is 13.2 Å². The second-order valence-corrected chi connectivity index (χ2v) is 7.60. The van der Waals surface area contributed by atoms with Crippen molar-refractivity contribution < 1.29 is 19.4 Å². The Morgan fingerprint density at radius 1 is 0.828 bits per heavy atom. The number of aliphatic carboxylic acids is 1. The molecule has 0 fully saturated rings. The van der Waals surface area contributed by atoms with Crippen LogP contribution in [0.3, 0.4) is 0 Å². The molecule has 0 saturated carbocycles. The summed E-state index contributed by atoms with van der Waals surface area (Å²) in [6.07, 6.45) is 17.4. The smallest absolute Gasteiger partial charge is 0.328 e. The lowest BCUT2D eigenvalue weighted by atomic mass is 10.1. The number of ether oxygens (including phenoxy) is 2. The summed E-state index contributed by atoms with van der Waals surface area (Å²) in [5.74, 6) is 0.510. The van der Waals surface area contributed by atoms with E-state index in [1.165, 1.54) is 57.8 Å². The fourth-order valence-electron chi connectivity index (χ4n) is 3.17. The molecule has 0 atom stereocenters. The normalized spacial score (nSPS) is 11.1. The first-order valence-corrected chi connectivity index (χ1v) is 11.5. The fourth-order valence-corrected chi connectivity index (χ4v) is 3.17. The van der Waals surface area contributed by atoms with Crippen molar-refractivity contribution in [1.29, 1.82) is 0 Å². The van der Waals surface area contributed by atoms with E-state index >= 15 is 0 Å². The Hall–Kier alpha value is -1.97. The molecular weight excluding hydrogens is 364 g/mol. The minimum atomic E-state index is -0.963. The molecule has 1 N–H and O–H groups in total. The Labute approximate surface area is 177 Å². The van der Waals surface area contributed by atoms with Crippen LogP contribution in [0.15, 0.2) is 24.3 Å². The van der Waals surface area contributed by atoms with Gasteiger partial charge in [0.25, 0.3) is 0 Å². The van der Waals surface area contributed by atoms with E-state index in [4.69, 9.17) is 14.6 Å². The van der Waals surface area contributed by atoms with Crippen LogP contribution in [-0.4, -0.2) is 24.3 Å². The van der Waals surface area contributed by atoms with Crippen molar-refractivity contribution in [3.05, 3.63) is 29.8 Å². The van der Waals surface area contributed by atoms with Gasteiger partial charge < -0.3 is 14.6 Å². The van der Waals surface area contributed by atoms with Crippen LogP contribution in [0.4, 0.5) is 0 Å². The third-order valence-corrected chi connectivity index (χ3v) is 4.91. The van der Waals surface area contributed by atoms with E-state index in [9.17, 15) is 4.79 Å². The van der Waals surface area contributed by atoms with Crippen molar-refractivity contribution in [1.82, 2.24) is 0 Å². The number of carboxylic acid groups (broad SMARTS) is 1. The van der Waals surface area contributed by atoms with E-state index in [0.29, 0.717) is 19.0 Å². The highest BCUT2D eigenvalue weighted by Crippen LogP contribution is 2.27. The molecule has 0 spiro atoms. The predicted octanol–water partition coefficient (Wildman–Crippen LogP) is 7.26. The molecule has 1 rings (SSSR count). The van der Waals surface area contributed by atoms with Crippen LogP contribution >= 0.6 is 0 Å². The first-order valence-electron chi connectivity index (χ1n) is 11.5. The van der Waals surface area contributed by atoms with Crippen molar-refractivity contribution in [3.63, 3.8) is 0 Å². The van der Waals surface area contributed by atoms with Gasteiger partial charge in [0.1, 0.15) is 11.5 Å². The van der Waals surface area contributed by atoms with Crippen LogP contribution in [0, 0.1) is 0 Å². The summed E-state index contributed by atoms with van der Waals surface area (Å²) in [4.78, 5) is 10.9. The highest BCUT2D eigenvalue weighted by atomic mass is 16.5. The van der Waals surface area contributed by atoms with Gasteiger partial charge in [0, 0.05) is 17.7 Å². The molecule has 0 radical (unpaired) electrons. The fraction of sp³-hybridized carbons (Fsp3) is 0.640. The van der Waals surface area contributed by atoms with Crippen LogP contribution in [0.25, 0.3) is 6.08 Å². The Bertz CT molecular complexity index is 580. The first kappa shape index (κ1) is 25.1. The molecule has 0 amide bonds. The molecule has 0 unspecified atom stereocenters. The highest BCUT2D eigenvalue weighted by Gasteiger charge is 2.05. The van der Waals surface area contributed by atoms with Crippen molar-refractivity contribution in [3.8, 4) is 11.5 Å². The van der Waals surface area contributed by atoms with E-state index in [-0.39, 0.29) is 0 Å². The highest BCUT2D eigenvalue weighted by molar-refractivity contribution is 5.86. The Balaban J connectivity index is 2.50. The number of hydrogen-bond donors (Lipinski definition) is 1. The minimum Gasteiger partial charge on any atom is -0.493 e. The molecular formula is C25H40O4. The van der Waals surface area contributed by atoms with Gasteiger partial charge in [-0.3, -0.25) is 0 Å². The molecule has 0 heterocycles. The number of rotatable bonds is 18. The molecule has 164 valence electrons. The lowest BCUT2D eigenvalue weighted by Gasteiger charge is -2.12. The van der Waals surface area contributed by atoms with Gasteiger partial charge in [-0.05, 0) is 31.1 Å². The van der Waals surface area contributed by atoms with Crippen LogP contribution in [0.5, 0.6) is 11.5 Å². The molecule has 0 aliphatic carbocycles. The largest absolute Gasteiger partial charge is 0.493 e.